The van der Waals surface area contributed by atoms with Crippen LogP contribution in [0.4, 0.5) is 0 Å². The first-order valence-electron chi connectivity index (χ1n) is 5.30. The van der Waals surface area contributed by atoms with E-state index < -0.39 is 0 Å². The minimum Gasteiger partial charge on any atom is -0.0885 e. The summed E-state index contributed by atoms with van der Waals surface area (Å²) in [5.74, 6) is 0. The quantitative estimate of drug-likeness (QED) is 0.470. The van der Waals surface area contributed by atoms with Gasteiger partial charge in [-0.2, -0.15) is 0 Å². The van der Waals surface area contributed by atoms with Gasteiger partial charge in [0.1, 0.15) is 0 Å². The van der Waals surface area contributed by atoms with Gasteiger partial charge in [-0.05, 0) is 44.9 Å². The zero-order valence-corrected chi connectivity index (χ0v) is 7.97. The molecule has 0 atom stereocenters. The fourth-order valence-electron chi connectivity index (χ4n) is 1.53. The summed E-state index contributed by atoms with van der Waals surface area (Å²) in [5.41, 5.74) is 0. The molecule has 0 bridgehead atoms. The molecule has 0 saturated heterocycles. The molecule has 1 aliphatic rings. The Morgan fingerprint density at radius 2 is 0.833 bits per heavy atom. The van der Waals surface area contributed by atoms with Crippen LogP contribution in [0, 0.1) is 0 Å². The Morgan fingerprint density at radius 3 is 1.33 bits per heavy atom. The van der Waals surface area contributed by atoms with E-state index in [9.17, 15) is 0 Å². The summed E-state index contributed by atoms with van der Waals surface area (Å²) in [5, 5.41) is 0. The number of rotatable bonds is 0. The van der Waals surface area contributed by atoms with Gasteiger partial charge in [0, 0.05) is 0 Å². The molecule has 0 aromatic heterocycles. The standard InChI is InChI=1S/C12H20/c1-2-4-6-8-10-12-11-9-7-5-3-1/h1-2,9,11H,3-8,10,12H2/b2-1+,11-9?. The SMILES string of the molecule is C1=CCCCCC/C=C/CCC1. The number of allylic oxidation sites excluding steroid dienone is 4. The van der Waals surface area contributed by atoms with Crippen molar-refractivity contribution >= 4 is 0 Å². The van der Waals surface area contributed by atoms with Gasteiger partial charge >= 0.3 is 0 Å². The fraction of sp³-hybridized carbons (Fsp3) is 0.667. The van der Waals surface area contributed by atoms with Crippen molar-refractivity contribution in [1.82, 2.24) is 0 Å². The van der Waals surface area contributed by atoms with Gasteiger partial charge in [0.2, 0.25) is 0 Å². The molecule has 0 radical (unpaired) electrons. The van der Waals surface area contributed by atoms with Crippen LogP contribution < -0.4 is 0 Å². The van der Waals surface area contributed by atoms with Crippen molar-refractivity contribution in [2.24, 2.45) is 0 Å². The van der Waals surface area contributed by atoms with Crippen LogP contribution in [0.5, 0.6) is 0 Å². The molecule has 0 amide bonds. The number of hydrogen-bond donors (Lipinski definition) is 0. The van der Waals surface area contributed by atoms with Crippen molar-refractivity contribution in [3.63, 3.8) is 0 Å². The molecular formula is C12H20. The maximum atomic E-state index is 2.35. The van der Waals surface area contributed by atoms with Crippen LogP contribution >= 0.6 is 0 Å². The van der Waals surface area contributed by atoms with Gasteiger partial charge in [0.15, 0.2) is 0 Å². The van der Waals surface area contributed by atoms with Crippen molar-refractivity contribution < 1.29 is 0 Å². The Hall–Kier alpha value is -0.520. The molecule has 0 fully saturated rings. The minimum atomic E-state index is 1.27. The molecule has 0 spiro atoms. The second-order valence-electron chi connectivity index (χ2n) is 3.51. The van der Waals surface area contributed by atoms with E-state index in [1.807, 2.05) is 0 Å². The first-order chi connectivity index (χ1) is 6.00. The van der Waals surface area contributed by atoms with Crippen LogP contribution in [0.15, 0.2) is 24.3 Å². The summed E-state index contributed by atoms with van der Waals surface area (Å²) in [6, 6.07) is 0. The molecule has 1 aliphatic carbocycles. The van der Waals surface area contributed by atoms with Gasteiger partial charge in [-0.25, -0.2) is 0 Å². The molecule has 1 rings (SSSR count). The lowest BCUT2D eigenvalue weighted by molar-refractivity contribution is 0.691. The molecule has 0 heterocycles. The zero-order chi connectivity index (χ0) is 8.49. The second kappa shape index (κ2) is 7.15. The van der Waals surface area contributed by atoms with Crippen molar-refractivity contribution in [2.45, 2.75) is 51.4 Å². The van der Waals surface area contributed by atoms with Crippen LogP contribution in [0.1, 0.15) is 51.4 Å². The lowest BCUT2D eigenvalue weighted by Gasteiger charge is -1.97. The van der Waals surface area contributed by atoms with Crippen molar-refractivity contribution in [3.05, 3.63) is 24.3 Å². The lowest BCUT2D eigenvalue weighted by atomic mass is 10.1. The molecule has 0 aromatic carbocycles. The predicted molar refractivity (Wildman–Crippen MR) is 55.2 cm³/mol. The molecule has 0 aliphatic heterocycles. The van der Waals surface area contributed by atoms with E-state index in [2.05, 4.69) is 24.3 Å². The summed E-state index contributed by atoms with van der Waals surface area (Å²) >= 11 is 0. The molecule has 0 N–H and O–H groups in total. The van der Waals surface area contributed by atoms with Crippen LogP contribution in [0.25, 0.3) is 0 Å². The van der Waals surface area contributed by atoms with Crippen LogP contribution in [-0.4, -0.2) is 0 Å². The normalized spacial score (nSPS) is 24.0. The second-order valence-corrected chi connectivity index (χ2v) is 3.51. The summed E-state index contributed by atoms with van der Waals surface area (Å²) in [4.78, 5) is 0. The van der Waals surface area contributed by atoms with Gasteiger partial charge < -0.3 is 0 Å². The molecule has 0 nitrogen and oxygen atoms in total. The van der Waals surface area contributed by atoms with Gasteiger partial charge in [-0.3, -0.25) is 0 Å². The van der Waals surface area contributed by atoms with E-state index in [4.69, 9.17) is 0 Å². The van der Waals surface area contributed by atoms with Crippen molar-refractivity contribution in [1.29, 1.82) is 0 Å². The minimum absolute atomic E-state index is 1.27. The van der Waals surface area contributed by atoms with E-state index in [1.165, 1.54) is 51.4 Å². The van der Waals surface area contributed by atoms with E-state index >= 15 is 0 Å². The number of hydrogen-bond acceptors (Lipinski definition) is 0. The fourth-order valence-corrected chi connectivity index (χ4v) is 1.53. The maximum absolute atomic E-state index is 2.35. The molecule has 68 valence electrons. The lowest BCUT2D eigenvalue weighted by Crippen LogP contribution is -1.77. The first-order valence-corrected chi connectivity index (χ1v) is 5.30. The first kappa shape index (κ1) is 9.57. The van der Waals surface area contributed by atoms with E-state index in [1.54, 1.807) is 0 Å². The van der Waals surface area contributed by atoms with Gasteiger partial charge in [0.05, 0.1) is 0 Å². The van der Waals surface area contributed by atoms with Gasteiger partial charge in [-0.1, -0.05) is 30.7 Å². The maximum Gasteiger partial charge on any atom is -0.0348 e. The van der Waals surface area contributed by atoms with Crippen LogP contribution in [0.3, 0.4) is 0 Å². The third-order valence-electron chi connectivity index (χ3n) is 2.32. The van der Waals surface area contributed by atoms with E-state index in [-0.39, 0.29) is 0 Å². The van der Waals surface area contributed by atoms with Gasteiger partial charge in [-0.15, -0.1) is 0 Å². The Kier molecular flexibility index (Phi) is 5.70. The molecule has 12 heavy (non-hydrogen) atoms. The highest BCUT2D eigenvalue weighted by atomic mass is 13.9. The molecule has 0 heteroatoms. The van der Waals surface area contributed by atoms with Crippen molar-refractivity contribution in [2.75, 3.05) is 0 Å². The average Bonchev–Trinajstić information content (AvgIpc) is 2.05. The predicted octanol–water partition coefficient (Wildman–Crippen LogP) is 4.23. The van der Waals surface area contributed by atoms with E-state index in [0.29, 0.717) is 0 Å². The topological polar surface area (TPSA) is 0 Å². The van der Waals surface area contributed by atoms with Crippen LogP contribution in [0.2, 0.25) is 0 Å². The molecular weight excluding hydrogens is 144 g/mol. The highest BCUT2D eigenvalue weighted by Gasteiger charge is 1.88. The third kappa shape index (κ3) is 5.17. The highest BCUT2D eigenvalue weighted by molar-refractivity contribution is 4.86. The molecule has 0 aromatic rings. The summed E-state index contributed by atoms with van der Waals surface area (Å²) in [7, 11) is 0. The average molecular weight is 164 g/mol. The summed E-state index contributed by atoms with van der Waals surface area (Å²) < 4.78 is 0. The Morgan fingerprint density at radius 1 is 0.417 bits per heavy atom. The van der Waals surface area contributed by atoms with Crippen LogP contribution in [-0.2, 0) is 0 Å². The smallest absolute Gasteiger partial charge is 0.0348 e. The molecule has 0 unspecified atom stereocenters. The Labute approximate surface area is 76.4 Å². The van der Waals surface area contributed by atoms with Crippen molar-refractivity contribution in [3.8, 4) is 0 Å². The highest BCUT2D eigenvalue weighted by Crippen LogP contribution is 2.08. The Balaban J connectivity index is 2.19. The third-order valence-corrected chi connectivity index (χ3v) is 2.32. The van der Waals surface area contributed by atoms with Gasteiger partial charge in [0.25, 0.3) is 0 Å². The monoisotopic (exact) mass is 164 g/mol. The zero-order valence-electron chi connectivity index (χ0n) is 7.97. The Bertz CT molecular complexity index is 126. The largest absolute Gasteiger partial charge is 0.0885 e. The van der Waals surface area contributed by atoms with E-state index in [0.717, 1.165) is 0 Å². The molecule has 0 saturated carbocycles. The summed E-state index contributed by atoms with van der Waals surface area (Å²) in [6.07, 6.45) is 20.0. The summed E-state index contributed by atoms with van der Waals surface area (Å²) in [6.45, 7) is 0.